The third-order valence-electron chi connectivity index (χ3n) is 7.29. The van der Waals surface area contributed by atoms with Gasteiger partial charge in [0.05, 0.1) is 21.9 Å². The minimum atomic E-state index is -0.438. The molecule has 0 spiro atoms. The Morgan fingerprint density at radius 2 is 1.90 bits per heavy atom. The summed E-state index contributed by atoms with van der Waals surface area (Å²) in [4.78, 5) is 13.5. The molecule has 7 nitrogen and oxygen atoms in total. The molecule has 1 aliphatic carbocycles. The van der Waals surface area contributed by atoms with Crippen molar-refractivity contribution in [1.82, 2.24) is 15.1 Å². The van der Waals surface area contributed by atoms with Gasteiger partial charge in [0.25, 0.3) is 0 Å². The van der Waals surface area contributed by atoms with Gasteiger partial charge >= 0.3 is 0 Å². The smallest absolute Gasteiger partial charge is 0.194 e. The van der Waals surface area contributed by atoms with Gasteiger partial charge < -0.3 is 20.5 Å². The summed E-state index contributed by atoms with van der Waals surface area (Å²) in [6.45, 7) is 3.76. The molecule has 0 unspecified atom stereocenters. The highest BCUT2D eigenvalue weighted by Gasteiger charge is 2.26. The summed E-state index contributed by atoms with van der Waals surface area (Å²) < 4.78 is 28.4. The predicted octanol–water partition coefficient (Wildman–Crippen LogP) is 6.41. The van der Waals surface area contributed by atoms with Crippen LogP contribution in [0.25, 0.3) is 11.8 Å². The monoisotopic (exact) mass is 602 g/mol. The summed E-state index contributed by atoms with van der Waals surface area (Å²) in [5.74, 6) is 1.10. The van der Waals surface area contributed by atoms with Gasteiger partial charge in [-0.3, -0.25) is 4.79 Å². The Morgan fingerprint density at radius 3 is 2.67 bits per heavy atom. The lowest BCUT2D eigenvalue weighted by Gasteiger charge is -2.24. The number of rotatable bonds is 7. The van der Waals surface area contributed by atoms with E-state index >= 15 is 0 Å². The summed E-state index contributed by atoms with van der Waals surface area (Å²) >= 11 is 3.64. The van der Waals surface area contributed by atoms with E-state index < -0.39 is 5.82 Å². The van der Waals surface area contributed by atoms with Crippen molar-refractivity contribution >= 4 is 33.6 Å². The van der Waals surface area contributed by atoms with Crippen molar-refractivity contribution in [3.8, 4) is 22.9 Å². The fraction of sp³-hybridized carbons (Fsp3) is 0.226. The van der Waals surface area contributed by atoms with Crippen molar-refractivity contribution in [2.45, 2.75) is 32.3 Å². The Labute approximate surface area is 239 Å². The number of piperidine rings is 1. The molecule has 9 heteroatoms. The largest absolute Gasteiger partial charge is 0.489 e. The van der Waals surface area contributed by atoms with E-state index in [-0.39, 0.29) is 23.5 Å². The number of allylic oxidation sites excluding steroid dienone is 1. The Kier molecular flexibility index (Phi) is 7.16. The summed E-state index contributed by atoms with van der Waals surface area (Å²) in [5, 5.41) is 7.75. The van der Waals surface area contributed by atoms with Crippen LogP contribution in [0.4, 0.5) is 10.2 Å². The molecule has 3 aromatic carbocycles. The molecule has 6 rings (SSSR count). The first kappa shape index (κ1) is 26.3. The Hall–Kier alpha value is -3.95. The second-order valence-corrected chi connectivity index (χ2v) is 10.9. The number of nitrogens with one attached hydrogen (secondary N) is 1. The molecule has 1 fully saturated rings. The molecule has 1 aromatic heterocycles. The normalized spacial score (nSPS) is 15.0. The van der Waals surface area contributed by atoms with Gasteiger partial charge in [-0.05, 0) is 114 Å². The molecule has 2 aliphatic rings. The summed E-state index contributed by atoms with van der Waals surface area (Å²) in [6, 6.07) is 15.6. The van der Waals surface area contributed by atoms with Gasteiger partial charge in [-0.1, -0.05) is 12.1 Å². The molecule has 2 heterocycles. The van der Waals surface area contributed by atoms with Crippen LogP contribution < -0.4 is 20.5 Å². The number of carbonyl (C=O) groups is 1. The van der Waals surface area contributed by atoms with E-state index in [0.29, 0.717) is 29.0 Å². The third kappa shape index (κ3) is 5.14. The van der Waals surface area contributed by atoms with Crippen LogP contribution in [0.3, 0.4) is 0 Å². The lowest BCUT2D eigenvalue weighted by Crippen LogP contribution is -2.34. The van der Waals surface area contributed by atoms with Crippen molar-refractivity contribution in [2.75, 3.05) is 18.8 Å². The highest BCUT2D eigenvalue weighted by molar-refractivity contribution is 9.10. The number of nitrogens with zero attached hydrogens (tertiary/aromatic N) is 2. The number of ketones is 1. The number of nitrogen functional groups attached to an aromatic ring is 1. The standard InChI is InChI=1S/C31H28BrFN4O3/c1-18-12-22(6-7-27(18)40-28-5-3-2-4-26(28)33)37-31(34)24(17-36-37)30(38)21-13-19-15-25(32)29(16-20(19)14-21)39-23-8-10-35-11-9-23/h2-7,12,14-17,23,35H,8-11,13,34H2,1H3. The van der Waals surface area contributed by atoms with Gasteiger partial charge in [-0.15, -0.1) is 0 Å². The van der Waals surface area contributed by atoms with Gasteiger partial charge in [0.15, 0.2) is 17.3 Å². The van der Waals surface area contributed by atoms with Crippen LogP contribution in [0.1, 0.15) is 39.9 Å². The molecular weight excluding hydrogens is 575 g/mol. The average Bonchev–Trinajstić information content (AvgIpc) is 3.54. The number of halogens is 2. The number of benzene rings is 3. The number of ether oxygens (including phenoxy) is 2. The van der Waals surface area contributed by atoms with Crippen LogP contribution in [-0.2, 0) is 6.42 Å². The molecule has 4 aromatic rings. The van der Waals surface area contributed by atoms with Crippen LogP contribution in [0, 0.1) is 12.7 Å². The number of para-hydroxylation sites is 1. The van der Waals surface area contributed by atoms with Gasteiger partial charge in [0.1, 0.15) is 23.4 Å². The fourth-order valence-electron chi connectivity index (χ4n) is 5.11. The molecule has 40 heavy (non-hydrogen) atoms. The second kappa shape index (κ2) is 10.9. The van der Waals surface area contributed by atoms with Crippen LogP contribution in [0.15, 0.2) is 70.8 Å². The van der Waals surface area contributed by atoms with Crippen molar-refractivity contribution < 1.29 is 18.7 Å². The van der Waals surface area contributed by atoms with Gasteiger partial charge in [0, 0.05) is 12.0 Å². The topological polar surface area (TPSA) is 91.4 Å². The van der Waals surface area contributed by atoms with Crippen molar-refractivity contribution in [3.63, 3.8) is 0 Å². The van der Waals surface area contributed by atoms with Crippen LogP contribution in [0.5, 0.6) is 17.2 Å². The highest BCUT2D eigenvalue weighted by Crippen LogP contribution is 2.37. The van der Waals surface area contributed by atoms with E-state index in [1.165, 1.54) is 16.9 Å². The van der Waals surface area contributed by atoms with E-state index in [1.54, 1.807) is 30.3 Å². The summed E-state index contributed by atoms with van der Waals surface area (Å²) in [5.41, 5.74) is 10.9. The van der Waals surface area contributed by atoms with Crippen LogP contribution >= 0.6 is 15.9 Å². The number of carbonyl (C=O) groups excluding carboxylic acids is 1. The first-order chi connectivity index (χ1) is 19.4. The Balaban J connectivity index is 1.20. The first-order valence-electron chi connectivity index (χ1n) is 13.2. The number of hydrogen-bond donors (Lipinski definition) is 2. The highest BCUT2D eigenvalue weighted by atomic mass is 79.9. The maximum atomic E-state index is 14.0. The van der Waals surface area contributed by atoms with E-state index in [9.17, 15) is 9.18 Å². The number of nitrogens with two attached hydrogens (primary N) is 1. The SMILES string of the molecule is Cc1cc(-n2ncc(C(=O)C3=Cc4cc(OC5CCNCC5)c(Br)cc4C3)c2N)ccc1Oc1ccccc1F. The van der Waals surface area contributed by atoms with Gasteiger partial charge in [-0.2, -0.15) is 5.10 Å². The predicted molar refractivity (Wildman–Crippen MR) is 156 cm³/mol. The zero-order valence-corrected chi connectivity index (χ0v) is 23.5. The molecule has 3 N–H and O–H groups in total. The second-order valence-electron chi connectivity index (χ2n) is 10.1. The molecule has 1 aliphatic heterocycles. The molecule has 0 bridgehead atoms. The maximum Gasteiger partial charge on any atom is 0.194 e. The average molecular weight is 603 g/mol. The van der Waals surface area contributed by atoms with Crippen LogP contribution in [-0.4, -0.2) is 34.8 Å². The van der Waals surface area contributed by atoms with Crippen LogP contribution in [0.2, 0.25) is 0 Å². The zero-order chi connectivity index (χ0) is 27.8. The number of fused-ring (bicyclic) bond motifs is 1. The zero-order valence-electron chi connectivity index (χ0n) is 21.9. The number of anilines is 1. The Morgan fingerprint density at radius 1 is 1.10 bits per heavy atom. The molecule has 0 saturated carbocycles. The summed E-state index contributed by atoms with van der Waals surface area (Å²) in [6.07, 6.45) is 6.03. The number of hydrogen-bond acceptors (Lipinski definition) is 6. The van der Waals surface area contributed by atoms with Crippen molar-refractivity contribution in [2.24, 2.45) is 0 Å². The minimum Gasteiger partial charge on any atom is -0.489 e. The maximum absolute atomic E-state index is 14.0. The van der Waals surface area contributed by atoms with Gasteiger partial charge in [-0.25, -0.2) is 9.07 Å². The molecule has 1 saturated heterocycles. The lowest BCUT2D eigenvalue weighted by molar-refractivity contribution is 0.103. The van der Waals surface area contributed by atoms with Crippen molar-refractivity contribution in [3.05, 3.63) is 98.9 Å². The van der Waals surface area contributed by atoms with Gasteiger partial charge in [0.2, 0.25) is 0 Å². The molecule has 0 atom stereocenters. The van der Waals surface area contributed by atoms with E-state index in [4.69, 9.17) is 15.2 Å². The quantitative estimate of drug-likeness (QED) is 0.237. The number of aryl methyl sites for hydroxylation is 1. The molecule has 0 amide bonds. The molecule has 204 valence electrons. The minimum absolute atomic E-state index is 0.146. The number of Topliss-reactive ketones (excluding diaryl/α,β-unsaturated/α-hetero) is 1. The van der Waals surface area contributed by atoms with Crippen molar-refractivity contribution in [1.29, 1.82) is 0 Å². The fourth-order valence-corrected chi connectivity index (χ4v) is 5.59. The first-order valence-corrected chi connectivity index (χ1v) is 14.0. The van der Waals surface area contributed by atoms with E-state index in [0.717, 1.165) is 52.8 Å². The molecule has 0 radical (unpaired) electrons. The Bertz CT molecular complexity index is 1640. The molecular formula is C31H28BrFN4O3. The summed E-state index contributed by atoms with van der Waals surface area (Å²) in [7, 11) is 0. The third-order valence-corrected chi connectivity index (χ3v) is 7.91. The van der Waals surface area contributed by atoms with E-state index in [1.807, 2.05) is 31.2 Å². The lowest BCUT2D eigenvalue weighted by atomic mass is 10.0. The van der Waals surface area contributed by atoms with E-state index in [2.05, 4.69) is 26.3 Å². The number of aromatic nitrogens is 2.